The highest BCUT2D eigenvalue weighted by atomic mass is 32.1. The molecule has 9 heterocycles. The van der Waals surface area contributed by atoms with E-state index in [1.165, 1.54) is 40.4 Å². The number of hydrogen-bond donors (Lipinski definition) is 0. The van der Waals surface area contributed by atoms with Gasteiger partial charge in [0.25, 0.3) is 0 Å². The fraction of sp³-hybridized carbons (Fsp3) is 0.0455. The van der Waals surface area contributed by atoms with Gasteiger partial charge in [-0.25, -0.2) is 9.97 Å². The molecule has 0 amide bonds. The van der Waals surface area contributed by atoms with Gasteiger partial charge in [0.1, 0.15) is 0 Å². The first kappa shape index (κ1) is 32.9. The van der Waals surface area contributed by atoms with E-state index in [1.54, 1.807) is 24.8 Å². The summed E-state index contributed by atoms with van der Waals surface area (Å²) in [4.78, 5) is 35.8. The second-order valence-corrected chi connectivity index (χ2v) is 15.7. The van der Waals surface area contributed by atoms with Crippen molar-refractivity contribution in [1.29, 1.82) is 0 Å². The van der Waals surface area contributed by atoms with Crippen LogP contribution in [-0.2, 0) is 0 Å². The summed E-state index contributed by atoms with van der Waals surface area (Å²) >= 11 is 5.46. The van der Waals surface area contributed by atoms with Crippen LogP contribution in [0.5, 0.6) is 0 Å². The maximum Gasteiger partial charge on any atom is 0.0900 e. The minimum atomic E-state index is 0.828. The van der Waals surface area contributed by atoms with Crippen molar-refractivity contribution in [3.8, 4) is 85.9 Å². The van der Waals surface area contributed by atoms with E-state index in [0.717, 1.165) is 56.7 Å². The topological polar surface area (TPSA) is 77.3 Å². The molecule has 254 valence electrons. The molecule has 0 atom stereocenters. The van der Waals surface area contributed by atoms with E-state index in [9.17, 15) is 0 Å². The highest BCUT2D eigenvalue weighted by molar-refractivity contribution is 7.28. The summed E-state index contributed by atoms with van der Waals surface area (Å²) < 4.78 is 0. The van der Waals surface area contributed by atoms with Crippen molar-refractivity contribution in [2.75, 3.05) is 0 Å². The number of nitrogens with zero attached hydrogens (tertiary/aromatic N) is 6. The highest BCUT2D eigenvalue weighted by Gasteiger charge is 2.18. The van der Waals surface area contributed by atoms with Gasteiger partial charge >= 0.3 is 0 Å². The van der Waals surface area contributed by atoms with Gasteiger partial charge in [0.05, 0.1) is 45.6 Å². The zero-order valence-corrected chi connectivity index (χ0v) is 31.2. The molecule has 0 aliphatic heterocycles. The lowest BCUT2D eigenvalue weighted by molar-refractivity contribution is 1.22. The van der Waals surface area contributed by atoms with Crippen molar-refractivity contribution >= 4 is 34.0 Å². The summed E-state index contributed by atoms with van der Waals surface area (Å²) in [5.74, 6) is 0. The second-order valence-electron chi connectivity index (χ2n) is 12.5. The van der Waals surface area contributed by atoms with Gasteiger partial charge in [-0.1, -0.05) is 24.3 Å². The molecular formula is C44H30N6S3. The lowest BCUT2D eigenvalue weighted by atomic mass is 10.1. The van der Waals surface area contributed by atoms with Gasteiger partial charge in [0.15, 0.2) is 0 Å². The van der Waals surface area contributed by atoms with Crippen LogP contribution in [0.4, 0.5) is 0 Å². The summed E-state index contributed by atoms with van der Waals surface area (Å²) in [6.07, 6.45) is 7.23. The van der Waals surface area contributed by atoms with Crippen molar-refractivity contribution in [3.05, 3.63) is 157 Å². The fourth-order valence-corrected chi connectivity index (χ4v) is 9.78. The smallest absolute Gasteiger partial charge is 0.0900 e. The zero-order chi connectivity index (χ0) is 35.7. The Balaban J connectivity index is 1.06. The quantitative estimate of drug-likeness (QED) is 0.154. The van der Waals surface area contributed by atoms with E-state index in [0.29, 0.717) is 0 Å². The van der Waals surface area contributed by atoms with Crippen LogP contribution in [0.3, 0.4) is 0 Å². The molecule has 53 heavy (non-hydrogen) atoms. The lowest BCUT2D eigenvalue weighted by Gasteiger charge is -2.09. The van der Waals surface area contributed by atoms with Crippen LogP contribution in [-0.4, -0.2) is 29.9 Å². The summed E-state index contributed by atoms with van der Waals surface area (Å²) in [6.45, 7) is 4.38. The number of pyridine rings is 6. The Morgan fingerprint density at radius 2 is 0.679 bits per heavy atom. The SMILES string of the molecule is Cc1cc(-c2ccc(-c3cc(C)c(-c4cc(-c5ccccn5)nc(-c5ccccn5)c4)s3)s2)sc1-c1cc(-c2ccccn2)nc(-c2ccccn2)c1. The van der Waals surface area contributed by atoms with Crippen LogP contribution in [0.25, 0.3) is 85.9 Å². The Kier molecular flexibility index (Phi) is 8.81. The van der Waals surface area contributed by atoms with E-state index in [-0.39, 0.29) is 0 Å². The Morgan fingerprint density at radius 3 is 0.981 bits per heavy atom. The van der Waals surface area contributed by atoms with Gasteiger partial charge in [0, 0.05) is 54.1 Å². The summed E-state index contributed by atoms with van der Waals surface area (Å²) in [5, 5.41) is 0. The monoisotopic (exact) mass is 738 g/mol. The molecule has 0 aliphatic carbocycles. The molecule has 6 nitrogen and oxygen atoms in total. The standard InChI is InChI=1S/C44H30N6S3/c1-27-21-41(52-43(27)29-23-35(31-11-3-7-17-45-31)49-36(24-29)32-12-4-8-18-46-32)39-15-16-40(51-39)42-22-28(2)44(53-42)30-25-37(33-13-5-9-19-47-33)50-38(26-30)34-14-6-10-20-48-34/h3-26H,1-2H3. The Labute approximate surface area is 319 Å². The first-order valence-corrected chi connectivity index (χ1v) is 19.5. The Hall–Kier alpha value is -6.00. The van der Waals surface area contributed by atoms with Crippen LogP contribution in [0.1, 0.15) is 11.1 Å². The molecular weight excluding hydrogens is 709 g/mol. The number of aryl methyl sites for hydroxylation is 2. The lowest BCUT2D eigenvalue weighted by Crippen LogP contribution is -1.93. The van der Waals surface area contributed by atoms with Gasteiger partial charge in [-0.15, -0.1) is 34.0 Å². The maximum absolute atomic E-state index is 4.98. The van der Waals surface area contributed by atoms with E-state index >= 15 is 0 Å². The largest absolute Gasteiger partial charge is 0.255 e. The Bertz CT molecular complexity index is 2380. The predicted octanol–water partition coefficient (Wildman–Crippen LogP) is 12.2. The third-order valence-electron chi connectivity index (χ3n) is 8.81. The molecule has 0 saturated carbocycles. The van der Waals surface area contributed by atoms with Crippen molar-refractivity contribution < 1.29 is 0 Å². The first-order valence-electron chi connectivity index (χ1n) is 17.1. The summed E-state index contributed by atoms with van der Waals surface area (Å²) in [6, 6.07) is 41.4. The van der Waals surface area contributed by atoms with Gasteiger partial charge in [0.2, 0.25) is 0 Å². The van der Waals surface area contributed by atoms with Gasteiger partial charge in [-0.2, -0.15) is 0 Å². The van der Waals surface area contributed by atoms with Crippen LogP contribution in [0.15, 0.2) is 146 Å². The van der Waals surface area contributed by atoms with Gasteiger partial charge in [-0.3, -0.25) is 19.9 Å². The molecule has 0 N–H and O–H groups in total. The molecule has 0 aromatic carbocycles. The molecule has 0 fully saturated rings. The van der Waals surface area contributed by atoms with Gasteiger partial charge in [-0.05, 0) is 133 Å². The van der Waals surface area contributed by atoms with E-state index in [4.69, 9.17) is 9.97 Å². The Morgan fingerprint density at radius 1 is 0.340 bits per heavy atom. The van der Waals surface area contributed by atoms with Crippen LogP contribution < -0.4 is 0 Å². The van der Waals surface area contributed by atoms with E-state index in [1.807, 2.05) is 107 Å². The highest BCUT2D eigenvalue weighted by Crippen LogP contribution is 2.46. The van der Waals surface area contributed by atoms with Crippen LogP contribution in [0, 0.1) is 13.8 Å². The molecule has 9 aromatic rings. The zero-order valence-electron chi connectivity index (χ0n) is 28.8. The van der Waals surface area contributed by atoms with E-state index in [2.05, 4.69) is 82.3 Å². The molecule has 0 spiro atoms. The number of aromatic nitrogens is 6. The predicted molar refractivity (Wildman–Crippen MR) is 220 cm³/mol. The normalized spacial score (nSPS) is 11.2. The molecule has 0 radical (unpaired) electrons. The van der Waals surface area contributed by atoms with Crippen LogP contribution >= 0.6 is 34.0 Å². The minimum Gasteiger partial charge on any atom is -0.255 e. The van der Waals surface area contributed by atoms with Crippen molar-refractivity contribution in [1.82, 2.24) is 29.9 Å². The average Bonchev–Trinajstić information content (AvgIpc) is 3.97. The number of thiophene rings is 3. The molecule has 9 heteroatoms. The van der Waals surface area contributed by atoms with Crippen molar-refractivity contribution in [3.63, 3.8) is 0 Å². The number of hydrogen-bond acceptors (Lipinski definition) is 9. The minimum absolute atomic E-state index is 0.828. The molecule has 0 bridgehead atoms. The molecule has 9 rings (SSSR count). The van der Waals surface area contributed by atoms with E-state index < -0.39 is 0 Å². The van der Waals surface area contributed by atoms with Crippen molar-refractivity contribution in [2.24, 2.45) is 0 Å². The third-order valence-corrected chi connectivity index (χ3v) is 12.9. The second kappa shape index (κ2) is 14.2. The maximum atomic E-state index is 4.98. The van der Waals surface area contributed by atoms with Crippen LogP contribution in [0.2, 0.25) is 0 Å². The molecule has 0 aliphatic rings. The molecule has 9 aromatic heterocycles. The molecule has 0 unspecified atom stereocenters. The van der Waals surface area contributed by atoms with Gasteiger partial charge < -0.3 is 0 Å². The summed E-state index contributed by atoms with van der Waals surface area (Å²) in [7, 11) is 0. The fourth-order valence-electron chi connectivity index (χ4n) is 6.29. The average molecular weight is 739 g/mol. The third kappa shape index (κ3) is 6.73. The summed E-state index contributed by atoms with van der Waals surface area (Å²) in [5.41, 5.74) is 11.3. The van der Waals surface area contributed by atoms with Crippen molar-refractivity contribution in [2.45, 2.75) is 13.8 Å². The first-order chi connectivity index (χ1) is 26.1. The molecule has 0 saturated heterocycles. The number of rotatable bonds is 8.